The minimum Gasteiger partial charge on any atom is -0.477 e. The number of urea groups is 2. The van der Waals surface area contributed by atoms with E-state index in [1.165, 1.54) is 47.1 Å². The van der Waals surface area contributed by atoms with Gasteiger partial charge in [0.05, 0.1) is 0 Å². The summed E-state index contributed by atoms with van der Waals surface area (Å²) in [5.41, 5.74) is 10.7. The zero-order chi connectivity index (χ0) is 41.8. The minimum atomic E-state index is -4.30. The average molecular weight is 848 g/mol. The number of fused-ring (bicyclic) bond motifs is 4. The van der Waals surface area contributed by atoms with Crippen molar-refractivity contribution in [2.75, 3.05) is 23.7 Å². The smallest absolute Gasteiger partial charge is 0.354 e. The fraction of sp³-hybridized carbons (Fsp3) is 0.436. The number of aryl methyl sites for hydroxylation is 6. The van der Waals surface area contributed by atoms with Gasteiger partial charge in [0.2, 0.25) is 0 Å². The number of carboxylic acid groups (broad SMARTS) is 1. The van der Waals surface area contributed by atoms with Gasteiger partial charge in [-0.15, -0.1) is 0 Å². The second kappa shape index (κ2) is 15.4. The number of carbonyl (C=O) groups is 4. The molecule has 2 aromatic carbocycles. The van der Waals surface area contributed by atoms with E-state index in [0.717, 1.165) is 128 Å². The van der Waals surface area contributed by atoms with Crippen LogP contribution in [0.5, 0.6) is 0 Å². The molecule has 3 heterocycles. The first-order valence-corrected chi connectivity index (χ1v) is 22.7. The van der Waals surface area contributed by atoms with Crippen molar-refractivity contribution < 1.29 is 41.1 Å². The second-order valence-corrected chi connectivity index (χ2v) is 18.8. The van der Waals surface area contributed by atoms with Gasteiger partial charge in [0, 0.05) is 50.7 Å². The predicted molar refractivity (Wildman–Crippen MR) is 214 cm³/mol. The summed E-state index contributed by atoms with van der Waals surface area (Å²) in [6.07, 6.45) is 12.4. The zero-order valence-electron chi connectivity index (χ0n) is 32.7. The Kier molecular flexibility index (Phi) is 10.5. The number of sulfonamides is 2. The Hall–Kier alpha value is -5.76. The summed E-state index contributed by atoms with van der Waals surface area (Å²) < 4.78 is 56.6. The van der Waals surface area contributed by atoms with Gasteiger partial charge in [0.15, 0.2) is 10.1 Å². The number of rotatable bonds is 8. The molecule has 1 saturated heterocycles. The van der Waals surface area contributed by atoms with Crippen LogP contribution in [0.3, 0.4) is 0 Å². The van der Waals surface area contributed by atoms with E-state index in [1.807, 2.05) is 4.72 Å². The van der Waals surface area contributed by atoms with Crippen molar-refractivity contribution in [3.05, 3.63) is 80.2 Å². The summed E-state index contributed by atoms with van der Waals surface area (Å²) in [5.74, 6) is -1.57. The number of carbonyl (C=O) groups excluding carboxylic acids is 3. The van der Waals surface area contributed by atoms with Crippen LogP contribution in [0.2, 0.25) is 0 Å². The summed E-state index contributed by atoms with van der Waals surface area (Å²) in [4.78, 5) is 50.3. The van der Waals surface area contributed by atoms with E-state index in [1.54, 1.807) is 4.90 Å². The number of hydrogen-bond acceptors (Lipinski definition) is 10. The van der Waals surface area contributed by atoms with E-state index in [9.17, 15) is 36.0 Å². The lowest BCUT2D eigenvalue weighted by molar-refractivity contribution is 0.0638. The second-order valence-electron chi connectivity index (χ2n) is 15.5. The van der Waals surface area contributed by atoms with E-state index < -0.39 is 43.1 Å². The van der Waals surface area contributed by atoms with Crippen molar-refractivity contribution in [3.8, 4) is 0 Å². The van der Waals surface area contributed by atoms with Crippen LogP contribution in [0.4, 0.5) is 21.0 Å². The highest BCUT2D eigenvalue weighted by Crippen LogP contribution is 2.40. The molecule has 5 amide bonds. The maximum absolute atomic E-state index is 12.8. The number of nitrogens with zero attached hydrogens (tertiary/aromatic N) is 5. The molecule has 0 unspecified atom stereocenters. The van der Waals surface area contributed by atoms with Crippen LogP contribution in [0, 0.1) is 0 Å². The van der Waals surface area contributed by atoms with Crippen molar-refractivity contribution in [2.45, 2.75) is 93.5 Å². The fourth-order valence-electron chi connectivity index (χ4n) is 8.79. The van der Waals surface area contributed by atoms with E-state index in [0.29, 0.717) is 13.1 Å². The fourth-order valence-corrected chi connectivity index (χ4v) is 10.6. The maximum Gasteiger partial charge on any atom is 0.354 e. The van der Waals surface area contributed by atoms with Gasteiger partial charge in [0.1, 0.15) is 11.4 Å². The number of anilines is 2. The minimum absolute atomic E-state index is 0.180. The van der Waals surface area contributed by atoms with Gasteiger partial charge in [-0.2, -0.15) is 27.0 Å². The molecule has 4 aliphatic carbocycles. The molecule has 5 aliphatic rings. The molecule has 1 fully saturated rings. The molecule has 0 radical (unpaired) electrons. The van der Waals surface area contributed by atoms with Crippen molar-refractivity contribution in [1.82, 2.24) is 33.9 Å². The first kappa shape index (κ1) is 40.0. The zero-order valence-corrected chi connectivity index (χ0v) is 34.3. The molecule has 20 heteroatoms. The SMILES string of the molecule is Cn1nc(S(=O)(=O)NC(=O)Nc2c3c(cc4c2CCC4)CCC3)cc1C(=O)N1CCC1.Cn1nc(S(=O)(=O)NC(=O)Nc2c3c(cc4c2CCC4)CCC3)cc1C(=O)O. The van der Waals surface area contributed by atoms with Crippen LogP contribution >= 0.6 is 0 Å². The molecule has 5 N–H and O–H groups in total. The number of aromatic carboxylic acids is 1. The van der Waals surface area contributed by atoms with Crippen LogP contribution < -0.4 is 20.1 Å². The van der Waals surface area contributed by atoms with Gasteiger partial charge in [-0.1, -0.05) is 12.1 Å². The molecule has 59 heavy (non-hydrogen) atoms. The molecular formula is C39H45N9O9S2. The molecule has 18 nitrogen and oxygen atoms in total. The van der Waals surface area contributed by atoms with Gasteiger partial charge in [-0.05, 0) is 128 Å². The molecule has 1 aliphatic heterocycles. The van der Waals surface area contributed by atoms with Crippen LogP contribution in [0.1, 0.15) is 97.6 Å². The predicted octanol–water partition coefficient (Wildman–Crippen LogP) is 3.36. The normalized spacial score (nSPS) is 16.2. The number of aromatic nitrogens is 4. The lowest BCUT2D eigenvalue weighted by Crippen LogP contribution is -2.42. The Morgan fingerprint density at radius 2 is 0.932 bits per heavy atom. The number of carboxylic acids is 1. The lowest BCUT2D eigenvalue weighted by Gasteiger charge is -2.30. The van der Waals surface area contributed by atoms with Crippen molar-refractivity contribution in [1.29, 1.82) is 0 Å². The first-order chi connectivity index (χ1) is 28.1. The molecule has 0 atom stereocenters. The van der Waals surface area contributed by atoms with E-state index in [2.05, 4.69) is 37.7 Å². The summed E-state index contributed by atoms with van der Waals surface area (Å²) in [6.45, 7) is 1.30. The monoisotopic (exact) mass is 847 g/mol. The number of benzene rings is 2. The molecule has 0 bridgehead atoms. The van der Waals surface area contributed by atoms with Gasteiger partial charge in [-0.25, -0.2) is 23.8 Å². The van der Waals surface area contributed by atoms with Crippen LogP contribution in [0.25, 0.3) is 0 Å². The number of nitrogens with one attached hydrogen (secondary N) is 4. The average Bonchev–Trinajstić information content (AvgIpc) is 3.99. The molecule has 4 aromatic rings. The third kappa shape index (κ3) is 7.77. The van der Waals surface area contributed by atoms with E-state index in [-0.39, 0.29) is 22.3 Å². The van der Waals surface area contributed by atoms with Crippen molar-refractivity contribution >= 4 is 55.4 Å². The third-order valence-corrected chi connectivity index (χ3v) is 14.1. The van der Waals surface area contributed by atoms with E-state index in [4.69, 9.17) is 5.11 Å². The van der Waals surface area contributed by atoms with Crippen LogP contribution in [-0.4, -0.2) is 83.4 Å². The largest absolute Gasteiger partial charge is 0.477 e. The Balaban J connectivity index is 0.000000165. The highest BCUT2D eigenvalue weighted by atomic mass is 32.2. The Bertz CT molecular complexity index is 2600. The number of likely N-dealkylation sites (tertiary alicyclic amines) is 1. The summed E-state index contributed by atoms with van der Waals surface area (Å²) >= 11 is 0. The molecular weight excluding hydrogens is 803 g/mol. The van der Waals surface area contributed by atoms with E-state index >= 15 is 0 Å². The summed E-state index contributed by atoms with van der Waals surface area (Å²) in [6, 6.07) is 4.90. The molecule has 9 rings (SSSR count). The van der Waals surface area contributed by atoms with Gasteiger partial charge in [0.25, 0.3) is 26.0 Å². The maximum atomic E-state index is 12.8. The number of hydrogen-bond donors (Lipinski definition) is 5. The lowest BCUT2D eigenvalue weighted by atomic mass is 9.99. The molecule has 312 valence electrons. The van der Waals surface area contributed by atoms with Gasteiger partial charge in [-0.3, -0.25) is 14.2 Å². The van der Waals surface area contributed by atoms with Crippen molar-refractivity contribution in [2.24, 2.45) is 14.1 Å². The molecule has 0 saturated carbocycles. The van der Waals surface area contributed by atoms with Crippen molar-refractivity contribution in [3.63, 3.8) is 0 Å². The summed E-state index contributed by atoms with van der Waals surface area (Å²) in [5, 5.41) is 21.4. The topological polar surface area (TPSA) is 244 Å². The number of amides is 5. The highest BCUT2D eigenvalue weighted by molar-refractivity contribution is 7.90. The van der Waals surface area contributed by atoms with Gasteiger partial charge < -0.3 is 20.6 Å². The summed E-state index contributed by atoms with van der Waals surface area (Å²) in [7, 11) is -5.69. The van der Waals surface area contributed by atoms with Gasteiger partial charge >= 0.3 is 18.0 Å². The Labute approximate surface area is 340 Å². The quantitative estimate of drug-likeness (QED) is 0.172. The molecule has 2 aromatic heterocycles. The Morgan fingerprint density at radius 1 is 0.559 bits per heavy atom. The highest BCUT2D eigenvalue weighted by Gasteiger charge is 2.31. The molecule has 0 spiro atoms. The Morgan fingerprint density at radius 3 is 1.27 bits per heavy atom. The third-order valence-electron chi connectivity index (χ3n) is 11.7. The standard InChI is InChI=1S/C21H25N5O4S.C18H20N4O5S/c1-25-17(20(27)26-9-4-10-26)12-18(23-25)31(29,30)24-21(28)22-19-15-7-2-5-13(15)11-14-6-3-8-16(14)19;1-22-14(17(23)24)9-15(20-22)28(26,27)21-18(25)19-16-12-6-2-4-10(12)8-11-5-3-7-13(11)16/h11-12H,2-10H2,1H3,(H2,22,24,28);8-9H,2-7H2,1H3,(H,23,24)(H2,19,21,25). The first-order valence-electron chi connectivity index (χ1n) is 19.7. The van der Waals surface area contributed by atoms with Crippen LogP contribution in [-0.2, 0) is 85.5 Å². The van der Waals surface area contributed by atoms with Crippen LogP contribution in [0.15, 0.2) is 34.3 Å².